The zero-order chi connectivity index (χ0) is 15.8. The van der Waals surface area contributed by atoms with Crippen LogP contribution in [0.25, 0.3) is 0 Å². The summed E-state index contributed by atoms with van der Waals surface area (Å²) in [7, 11) is 0. The molecule has 0 atom stereocenters. The Morgan fingerprint density at radius 1 is 1.32 bits per heavy atom. The second-order valence-corrected chi connectivity index (χ2v) is 6.09. The van der Waals surface area contributed by atoms with Gasteiger partial charge in [-0.3, -0.25) is 4.79 Å². The molecule has 0 spiro atoms. The van der Waals surface area contributed by atoms with Crippen molar-refractivity contribution in [3.63, 3.8) is 0 Å². The van der Waals surface area contributed by atoms with E-state index in [0.717, 1.165) is 24.5 Å². The number of hydrogen-bond acceptors (Lipinski definition) is 4. The fourth-order valence-corrected chi connectivity index (χ4v) is 2.46. The van der Waals surface area contributed by atoms with Crippen LogP contribution in [-0.4, -0.2) is 29.4 Å². The minimum Gasteiger partial charge on any atom is -0.370 e. The van der Waals surface area contributed by atoms with Crippen molar-refractivity contribution < 1.29 is 4.79 Å². The van der Waals surface area contributed by atoms with Gasteiger partial charge in [-0.25, -0.2) is 4.98 Å². The average Bonchev–Trinajstić information content (AvgIpc) is 2.52. The molecule has 2 N–H and O–H groups in total. The highest BCUT2D eigenvalue weighted by molar-refractivity contribution is 7.98. The smallest absolute Gasteiger partial charge is 0.257 e. The van der Waals surface area contributed by atoms with Gasteiger partial charge in [0.25, 0.3) is 5.91 Å². The lowest BCUT2D eigenvalue weighted by molar-refractivity contribution is 0.102. The molecule has 1 amide bonds. The van der Waals surface area contributed by atoms with Gasteiger partial charge >= 0.3 is 0 Å². The number of nitrogens with zero attached hydrogens (tertiary/aromatic N) is 1. The fourth-order valence-electron chi connectivity index (χ4n) is 1.84. The summed E-state index contributed by atoms with van der Waals surface area (Å²) in [5, 5.41) is 6.61. The molecule has 4 nitrogen and oxygen atoms in total. The summed E-state index contributed by atoms with van der Waals surface area (Å²) in [5.74, 6) is 1.69. The van der Waals surface area contributed by atoms with Crippen molar-refractivity contribution in [3.8, 4) is 0 Å². The van der Waals surface area contributed by atoms with Crippen LogP contribution < -0.4 is 10.6 Å². The normalized spacial score (nSPS) is 10.3. The van der Waals surface area contributed by atoms with Crippen LogP contribution in [0.2, 0.25) is 5.02 Å². The van der Waals surface area contributed by atoms with Crippen LogP contribution >= 0.6 is 23.4 Å². The lowest BCUT2D eigenvalue weighted by Gasteiger charge is -2.07. The van der Waals surface area contributed by atoms with Crippen molar-refractivity contribution in [2.75, 3.05) is 29.2 Å². The highest BCUT2D eigenvalue weighted by Crippen LogP contribution is 2.16. The molecule has 22 heavy (non-hydrogen) atoms. The van der Waals surface area contributed by atoms with E-state index in [-0.39, 0.29) is 5.91 Å². The molecule has 116 valence electrons. The van der Waals surface area contributed by atoms with Crippen molar-refractivity contribution >= 4 is 40.8 Å². The van der Waals surface area contributed by atoms with Gasteiger partial charge in [-0.05, 0) is 48.8 Å². The first-order chi connectivity index (χ1) is 10.7. The van der Waals surface area contributed by atoms with E-state index in [4.69, 9.17) is 11.6 Å². The number of rotatable bonds is 7. The van der Waals surface area contributed by atoms with Crippen molar-refractivity contribution in [3.05, 3.63) is 53.2 Å². The van der Waals surface area contributed by atoms with Crippen LogP contribution in [-0.2, 0) is 0 Å². The maximum absolute atomic E-state index is 12.1. The molecule has 2 aromatic rings. The molecule has 0 fully saturated rings. The SMILES string of the molecule is CSCCCNc1ccc(C(=O)Nc2cccc(Cl)c2)cn1. The quantitative estimate of drug-likeness (QED) is 0.746. The molecule has 0 aliphatic heterocycles. The predicted molar refractivity (Wildman–Crippen MR) is 95.1 cm³/mol. The van der Waals surface area contributed by atoms with Gasteiger partial charge in [0.15, 0.2) is 0 Å². The molecule has 0 saturated heterocycles. The number of halogens is 1. The monoisotopic (exact) mass is 335 g/mol. The number of benzene rings is 1. The molecule has 0 unspecified atom stereocenters. The average molecular weight is 336 g/mol. The van der Waals surface area contributed by atoms with E-state index in [1.54, 1.807) is 36.5 Å². The molecular weight excluding hydrogens is 318 g/mol. The fraction of sp³-hybridized carbons (Fsp3) is 0.250. The summed E-state index contributed by atoms with van der Waals surface area (Å²) in [4.78, 5) is 16.4. The number of nitrogens with one attached hydrogen (secondary N) is 2. The Bertz CT molecular complexity index is 619. The van der Waals surface area contributed by atoms with Gasteiger partial charge in [0.05, 0.1) is 5.56 Å². The summed E-state index contributed by atoms with van der Waals surface area (Å²) >= 11 is 7.71. The Labute approximate surface area is 139 Å². The van der Waals surface area contributed by atoms with Gasteiger partial charge in [-0.2, -0.15) is 11.8 Å². The molecule has 1 heterocycles. The second kappa shape index (κ2) is 8.66. The number of anilines is 2. The lowest BCUT2D eigenvalue weighted by Crippen LogP contribution is -2.12. The topological polar surface area (TPSA) is 54.0 Å². The Morgan fingerprint density at radius 2 is 2.18 bits per heavy atom. The summed E-state index contributed by atoms with van der Waals surface area (Å²) in [6, 6.07) is 10.6. The maximum Gasteiger partial charge on any atom is 0.257 e. The number of pyridine rings is 1. The van der Waals surface area contributed by atoms with E-state index in [0.29, 0.717) is 16.3 Å². The van der Waals surface area contributed by atoms with E-state index in [9.17, 15) is 4.79 Å². The standard InChI is InChI=1S/C16H18ClN3OS/c1-22-9-3-8-18-15-7-6-12(11-19-15)16(21)20-14-5-2-4-13(17)10-14/h2,4-7,10-11H,3,8-9H2,1H3,(H,18,19)(H,20,21). The number of carbonyl (C=O) groups is 1. The van der Waals surface area contributed by atoms with Gasteiger partial charge in [0, 0.05) is 23.5 Å². The van der Waals surface area contributed by atoms with E-state index in [2.05, 4.69) is 21.9 Å². The van der Waals surface area contributed by atoms with Gasteiger partial charge < -0.3 is 10.6 Å². The summed E-state index contributed by atoms with van der Waals surface area (Å²) in [6.07, 6.45) is 4.74. The maximum atomic E-state index is 12.1. The first-order valence-electron chi connectivity index (χ1n) is 6.95. The Hall–Kier alpha value is -1.72. The molecular formula is C16H18ClN3OS. The molecule has 1 aromatic heterocycles. The predicted octanol–water partition coefficient (Wildman–Crippen LogP) is 4.15. The van der Waals surface area contributed by atoms with Crippen LogP contribution in [0, 0.1) is 0 Å². The largest absolute Gasteiger partial charge is 0.370 e. The molecule has 6 heteroatoms. The molecule has 0 radical (unpaired) electrons. The van der Waals surface area contributed by atoms with Gasteiger partial charge in [-0.15, -0.1) is 0 Å². The van der Waals surface area contributed by atoms with Crippen LogP contribution in [0.5, 0.6) is 0 Å². The molecule has 0 aliphatic carbocycles. The minimum atomic E-state index is -0.205. The molecule has 0 aliphatic rings. The van der Waals surface area contributed by atoms with Gasteiger partial charge in [0.1, 0.15) is 5.82 Å². The van der Waals surface area contributed by atoms with E-state index >= 15 is 0 Å². The van der Waals surface area contributed by atoms with E-state index in [1.807, 2.05) is 17.8 Å². The summed E-state index contributed by atoms with van der Waals surface area (Å²) in [6.45, 7) is 0.877. The minimum absolute atomic E-state index is 0.205. The van der Waals surface area contributed by atoms with E-state index < -0.39 is 0 Å². The first kappa shape index (κ1) is 16.6. The third-order valence-electron chi connectivity index (χ3n) is 2.94. The van der Waals surface area contributed by atoms with Crippen LogP contribution in [0.3, 0.4) is 0 Å². The Kier molecular flexibility index (Phi) is 6.55. The zero-order valence-electron chi connectivity index (χ0n) is 12.3. The van der Waals surface area contributed by atoms with Crippen LogP contribution in [0.4, 0.5) is 11.5 Å². The molecule has 0 saturated carbocycles. The van der Waals surface area contributed by atoms with Gasteiger partial charge in [0.2, 0.25) is 0 Å². The van der Waals surface area contributed by atoms with E-state index in [1.165, 1.54) is 0 Å². The number of amides is 1. The summed E-state index contributed by atoms with van der Waals surface area (Å²) < 4.78 is 0. The van der Waals surface area contributed by atoms with Gasteiger partial charge in [-0.1, -0.05) is 17.7 Å². The zero-order valence-corrected chi connectivity index (χ0v) is 13.9. The second-order valence-electron chi connectivity index (χ2n) is 4.67. The number of thioether (sulfide) groups is 1. The van der Waals surface area contributed by atoms with Crippen molar-refractivity contribution in [2.45, 2.75) is 6.42 Å². The molecule has 0 bridgehead atoms. The number of hydrogen-bond donors (Lipinski definition) is 2. The Balaban J connectivity index is 1.90. The Morgan fingerprint density at radius 3 is 2.86 bits per heavy atom. The van der Waals surface area contributed by atoms with Crippen molar-refractivity contribution in [1.29, 1.82) is 0 Å². The van der Waals surface area contributed by atoms with Crippen LogP contribution in [0.15, 0.2) is 42.6 Å². The highest BCUT2D eigenvalue weighted by atomic mass is 35.5. The highest BCUT2D eigenvalue weighted by Gasteiger charge is 2.07. The van der Waals surface area contributed by atoms with Crippen molar-refractivity contribution in [1.82, 2.24) is 4.98 Å². The third-order valence-corrected chi connectivity index (χ3v) is 3.87. The van der Waals surface area contributed by atoms with Crippen LogP contribution in [0.1, 0.15) is 16.8 Å². The lowest BCUT2D eigenvalue weighted by atomic mass is 10.2. The third kappa shape index (κ3) is 5.24. The number of aromatic nitrogens is 1. The molecule has 2 rings (SSSR count). The first-order valence-corrected chi connectivity index (χ1v) is 8.72. The van der Waals surface area contributed by atoms with Crippen molar-refractivity contribution in [2.24, 2.45) is 0 Å². The molecule has 1 aromatic carbocycles. The number of carbonyl (C=O) groups excluding carboxylic acids is 1. The summed E-state index contributed by atoms with van der Waals surface area (Å²) in [5.41, 5.74) is 1.17.